The number of amides is 1. The minimum absolute atomic E-state index is 0.00893. The number of pyridine rings is 1. The van der Waals surface area contributed by atoms with Gasteiger partial charge in [-0.05, 0) is 77.7 Å². The average Bonchev–Trinajstić information content (AvgIpc) is 2.98. The molecule has 2 aliphatic rings. The fourth-order valence-corrected chi connectivity index (χ4v) is 3.90. The Morgan fingerprint density at radius 2 is 1.96 bits per heavy atom. The van der Waals surface area contributed by atoms with Crippen molar-refractivity contribution < 1.29 is 4.79 Å². The van der Waals surface area contributed by atoms with Crippen LogP contribution in [0.2, 0.25) is 0 Å². The van der Waals surface area contributed by atoms with Crippen molar-refractivity contribution in [2.75, 3.05) is 19.6 Å². The number of hydrogen-bond acceptors (Lipinski definition) is 3. The van der Waals surface area contributed by atoms with Gasteiger partial charge in [0.15, 0.2) is 0 Å². The minimum Gasteiger partial charge on any atom is -0.347 e. The van der Waals surface area contributed by atoms with Gasteiger partial charge in [0.2, 0.25) is 5.91 Å². The predicted octanol–water partition coefficient (Wildman–Crippen LogP) is 2.82. The van der Waals surface area contributed by atoms with E-state index < -0.39 is 5.54 Å². The molecule has 0 radical (unpaired) electrons. The van der Waals surface area contributed by atoms with Crippen LogP contribution in [0.25, 0.3) is 11.0 Å². The van der Waals surface area contributed by atoms with Gasteiger partial charge in [0.1, 0.15) is 11.2 Å². The van der Waals surface area contributed by atoms with Crippen LogP contribution in [0.3, 0.4) is 0 Å². The van der Waals surface area contributed by atoms with Crippen LogP contribution in [0, 0.1) is 6.92 Å². The second kappa shape index (κ2) is 5.84. The van der Waals surface area contributed by atoms with Crippen molar-refractivity contribution in [2.45, 2.75) is 57.5 Å². The maximum absolute atomic E-state index is 13.1. The molecule has 2 fully saturated rings. The first-order chi connectivity index (χ1) is 11.9. The standard InChI is InChI=1S/C20H28N4O/c1-15-6-7-16-8-13-24(17(16)21-15)19(2,3)18(25)22-20(9-10-20)14-23-11-4-5-12-23/h6-8,13H,4-5,9-12,14H2,1-3H3,(H,22,25). The molecule has 1 aliphatic carbocycles. The molecule has 134 valence electrons. The van der Waals surface area contributed by atoms with Crippen LogP contribution >= 0.6 is 0 Å². The summed E-state index contributed by atoms with van der Waals surface area (Å²) in [5.74, 6) is 0.0880. The Kier molecular flexibility index (Phi) is 3.87. The summed E-state index contributed by atoms with van der Waals surface area (Å²) in [7, 11) is 0. The van der Waals surface area contributed by atoms with Crippen molar-refractivity contribution in [3.8, 4) is 0 Å². The van der Waals surface area contributed by atoms with E-state index in [-0.39, 0.29) is 11.4 Å². The number of rotatable bonds is 5. The number of fused-ring (bicyclic) bond motifs is 1. The van der Waals surface area contributed by atoms with Crippen molar-refractivity contribution in [3.05, 3.63) is 30.1 Å². The summed E-state index contributed by atoms with van der Waals surface area (Å²) in [6.07, 6.45) is 6.74. The summed E-state index contributed by atoms with van der Waals surface area (Å²) in [5.41, 5.74) is 1.18. The molecule has 1 N–H and O–H groups in total. The lowest BCUT2D eigenvalue weighted by atomic mass is 10.0. The highest BCUT2D eigenvalue weighted by Gasteiger charge is 2.47. The van der Waals surface area contributed by atoms with Crippen LogP contribution in [0.15, 0.2) is 24.4 Å². The Morgan fingerprint density at radius 1 is 1.24 bits per heavy atom. The molecule has 0 atom stereocenters. The minimum atomic E-state index is -0.664. The van der Waals surface area contributed by atoms with Gasteiger partial charge in [0, 0.05) is 23.8 Å². The molecule has 2 aromatic heterocycles. The Labute approximate surface area is 149 Å². The molecular weight excluding hydrogens is 312 g/mol. The van der Waals surface area contributed by atoms with Crippen molar-refractivity contribution in [2.24, 2.45) is 0 Å². The van der Waals surface area contributed by atoms with Gasteiger partial charge in [0.05, 0.1) is 5.54 Å². The van der Waals surface area contributed by atoms with Crippen molar-refractivity contribution in [1.82, 2.24) is 19.8 Å². The summed E-state index contributed by atoms with van der Waals surface area (Å²) >= 11 is 0. The molecule has 5 heteroatoms. The highest BCUT2D eigenvalue weighted by atomic mass is 16.2. The normalized spacial score (nSPS) is 20.1. The van der Waals surface area contributed by atoms with Crippen LogP contribution in [0.5, 0.6) is 0 Å². The molecule has 1 amide bonds. The number of carbonyl (C=O) groups excluding carboxylic acids is 1. The van der Waals surface area contributed by atoms with Crippen LogP contribution in [0.4, 0.5) is 0 Å². The van der Waals surface area contributed by atoms with E-state index in [1.165, 1.54) is 25.9 Å². The summed E-state index contributed by atoms with van der Waals surface area (Å²) in [6, 6.07) is 6.11. The van der Waals surface area contributed by atoms with Crippen LogP contribution in [-0.4, -0.2) is 45.5 Å². The number of hydrogen-bond donors (Lipinski definition) is 1. The molecule has 4 rings (SSSR count). The Balaban J connectivity index is 1.54. The quantitative estimate of drug-likeness (QED) is 0.910. The van der Waals surface area contributed by atoms with Crippen molar-refractivity contribution >= 4 is 16.9 Å². The van der Waals surface area contributed by atoms with E-state index in [2.05, 4.69) is 21.3 Å². The fraction of sp³-hybridized carbons (Fsp3) is 0.600. The maximum atomic E-state index is 13.1. The lowest BCUT2D eigenvalue weighted by molar-refractivity contribution is -0.129. The number of aromatic nitrogens is 2. The third kappa shape index (κ3) is 3.06. The van der Waals surface area contributed by atoms with E-state index in [4.69, 9.17) is 0 Å². The predicted molar refractivity (Wildman–Crippen MR) is 99.6 cm³/mol. The number of nitrogens with one attached hydrogen (secondary N) is 1. The third-order valence-corrected chi connectivity index (χ3v) is 5.79. The Morgan fingerprint density at radius 3 is 2.64 bits per heavy atom. The smallest absolute Gasteiger partial charge is 0.246 e. The first-order valence-electron chi connectivity index (χ1n) is 9.40. The molecular formula is C20H28N4O. The summed E-state index contributed by atoms with van der Waals surface area (Å²) < 4.78 is 2.01. The first kappa shape index (κ1) is 16.6. The SMILES string of the molecule is Cc1ccc2ccn(C(C)(C)C(=O)NC3(CN4CCCC4)CC3)c2n1. The lowest BCUT2D eigenvalue weighted by Gasteiger charge is -2.31. The number of nitrogens with zero attached hydrogens (tertiary/aromatic N) is 3. The van der Waals surface area contributed by atoms with Gasteiger partial charge in [-0.3, -0.25) is 4.79 Å². The Hall–Kier alpha value is -1.88. The fourth-order valence-electron chi connectivity index (χ4n) is 3.90. The van der Waals surface area contributed by atoms with E-state index >= 15 is 0 Å². The van der Waals surface area contributed by atoms with Gasteiger partial charge in [0.25, 0.3) is 0 Å². The molecule has 0 unspecified atom stereocenters. The highest BCUT2D eigenvalue weighted by molar-refractivity contribution is 5.87. The van der Waals surface area contributed by atoms with E-state index in [0.29, 0.717) is 0 Å². The van der Waals surface area contributed by atoms with Gasteiger partial charge in [-0.1, -0.05) is 0 Å². The molecule has 0 spiro atoms. The molecule has 2 aromatic rings. The maximum Gasteiger partial charge on any atom is 0.246 e. The first-order valence-corrected chi connectivity index (χ1v) is 9.40. The van der Waals surface area contributed by atoms with Crippen molar-refractivity contribution in [1.29, 1.82) is 0 Å². The summed E-state index contributed by atoms with van der Waals surface area (Å²) in [6.45, 7) is 9.30. The zero-order valence-corrected chi connectivity index (χ0v) is 15.5. The average molecular weight is 340 g/mol. The zero-order valence-electron chi connectivity index (χ0n) is 15.5. The topological polar surface area (TPSA) is 50.2 Å². The summed E-state index contributed by atoms with van der Waals surface area (Å²) in [5, 5.41) is 4.45. The van der Waals surface area contributed by atoms with E-state index in [0.717, 1.165) is 36.1 Å². The number of aryl methyl sites for hydroxylation is 1. The molecule has 1 aliphatic heterocycles. The molecule has 3 heterocycles. The monoisotopic (exact) mass is 340 g/mol. The van der Waals surface area contributed by atoms with Crippen LogP contribution in [0.1, 0.15) is 45.2 Å². The van der Waals surface area contributed by atoms with Crippen LogP contribution < -0.4 is 5.32 Å². The molecule has 0 aromatic carbocycles. The molecule has 25 heavy (non-hydrogen) atoms. The molecule has 5 nitrogen and oxygen atoms in total. The number of likely N-dealkylation sites (tertiary alicyclic amines) is 1. The van der Waals surface area contributed by atoms with Gasteiger partial charge < -0.3 is 14.8 Å². The lowest BCUT2D eigenvalue weighted by Crippen LogP contribution is -2.52. The van der Waals surface area contributed by atoms with Crippen molar-refractivity contribution in [3.63, 3.8) is 0 Å². The van der Waals surface area contributed by atoms with E-state index in [1.54, 1.807) is 0 Å². The molecule has 1 saturated heterocycles. The third-order valence-electron chi connectivity index (χ3n) is 5.79. The van der Waals surface area contributed by atoms with E-state index in [9.17, 15) is 4.79 Å². The van der Waals surface area contributed by atoms with Gasteiger partial charge in [-0.15, -0.1) is 0 Å². The highest BCUT2D eigenvalue weighted by Crippen LogP contribution is 2.38. The largest absolute Gasteiger partial charge is 0.347 e. The Bertz CT molecular complexity index is 797. The second-order valence-electron chi connectivity index (χ2n) is 8.33. The number of carbonyl (C=O) groups is 1. The van der Waals surface area contributed by atoms with E-state index in [1.807, 2.05) is 43.7 Å². The van der Waals surface area contributed by atoms with Gasteiger partial charge in [-0.2, -0.15) is 0 Å². The van der Waals surface area contributed by atoms with Gasteiger partial charge in [-0.25, -0.2) is 4.98 Å². The molecule has 0 bridgehead atoms. The summed E-state index contributed by atoms with van der Waals surface area (Å²) in [4.78, 5) is 20.3. The van der Waals surface area contributed by atoms with Gasteiger partial charge >= 0.3 is 0 Å². The van der Waals surface area contributed by atoms with Crippen LogP contribution in [-0.2, 0) is 10.3 Å². The second-order valence-corrected chi connectivity index (χ2v) is 8.33. The zero-order chi connectivity index (χ0) is 17.7. The molecule has 1 saturated carbocycles.